The van der Waals surface area contributed by atoms with Crippen LogP contribution in [0.1, 0.15) is 19.8 Å². The fourth-order valence-electron chi connectivity index (χ4n) is 2.44. The van der Waals surface area contributed by atoms with Crippen LogP contribution < -0.4 is 10.6 Å². The molecule has 5 nitrogen and oxygen atoms in total. The Bertz CT molecular complexity index is 795. The molecule has 3 rings (SSSR count). The number of carbonyl (C=O) groups is 1. The normalized spacial score (nSPS) is 10.7. The van der Waals surface area contributed by atoms with Crippen LogP contribution in [0.3, 0.4) is 0 Å². The Morgan fingerprint density at radius 3 is 2.70 bits per heavy atom. The van der Waals surface area contributed by atoms with E-state index in [0.717, 1.165) is 29.7 Å². The third kappa shape index (κ3) is 3.34. The van der Waals surface area contributed by atoms with Crippen LogP contribution >= 0.6 is 0 Å². The molecule has 0 aliphatic heterocycles. The molecule has 0 radical (unpaired) electrons. The molecule has 2 aromatic heterocycles. The first-order chi connectivity index (χ1) is 11.3. The van der Waals surface area contributed by atoms with Crippen molar-refractivity contribution in [1.29, 1.82) is 0 Å². The summed E-state index contributed by atoms with van der Waals surface area (Å²) in [5.41, 5.74) is 2.54. The first-order valence-electron chi connectivity index (χ1n) is 7.87. The summed E-state index contributed by atoms with van der Waals surface area (Å²) in [5.74, 6) is 0.681. The Morgan fingerprint density at radius 1 is 1.13 bits per heavy atom. The number of rotatable bonds is 5. The Morgan fingerprint density at radius 2 is 1.91 bits per heavy atom. The van der Waals surface area contributed by atoms with Crippen LogP contribution in [0.15, 0.2) is 54.7 Å². The van der Waals surface area contributed by atoms with Crippen molar-refractivity contribution in [2.45, 2.75) is 19.8 Å². The minimum atomic E-state index is -0.207. The number of carbonyl (C=O) groups excluding carboxylic acids is 1. The number of aromatic nitrogens is 2. The summed E-state index contributed by atoms with van der Waals surface area (Å²) in [6, 6.07) is 15.4. The maximum Gasteiger partial charge on any atom is 0.320 e. The summed E-state index contributed by atoms with van der Waals surface area (Å²) in [4.78, 5) is 16.8. The van der Waals surface area contributed by atoms with E-state index in [0.29, 0.717) is 12.4 Å². The highest BCUT2D eigenvalue weighted by molar-refractivity contribution is 5.93. The average molecular weight is 308 g/mol. The second kappa shape index (κ2) is 6.96. The highest BCUT2D eigenvalue weighted by Crippen LogP contribution is 2.28. The summed E-state index contributed by atoms with van der Waals surface area (Å²) in [5, 5.41) is 5.82. The van der Waals surface area contributed by atoms with Gasteiger partial charge < -0.3 is 5.32 Å². The molecule has 2 heterocycles. The van der Waals surface area contributed by atoms with Gasteiger partial charge in [0.05, 0.1) is 0 Å². The highest BCUT2D eigenvalue weighted by Gasteiger charge is 2.15. The summed E-state index contributed by atoms with van der Waals surface area (Å²) in [6.07, 6.45) is 3.91. The van der Waals surface area contributed by atoms with Crippen molar-refractivity contribution < 1.29 is 4.79 Å². The van der Waals surface area contributed by atoms with Crippen molar-refractivity contribution in [1.82, 2.24) is 14.7 Å². The number of unbranched alkanes of at least 4 members (excludes halogenated alkanes) is 1. The van der Waals surface area contributed by atoms with Crippen molar-refractivity contribution in [2.75, 3.05) is 11.9 Å². The lowest BCUT2D eigenvalue weighted by Crippen LogP contribution is -2.30. The van der Waals surface area contributed by atoms with Gasteiger partial charge in [-0.3, -0.25) is 9.72 Å². The maximum atomic E-state index is 12.1. The van der Waals surface area contributed by atoms with Crippen molar-refractivity contribution in [3.63, 3.8) is 0 Å². The molecule has 118 valence electrons. The van der Waals surface area contributed by atoms with Crippen molar-refractivity contribution in [3.8, 4) is 11.3 Å². The number of anilines is 1. The minimum absolute atomic E-state index is 0.207. The first kappa shape index (κ1) is 15.1. The molecule has 0 bridgehead atoms. The van der Waals surface area contributed by atoms with E-state index in [-0.39, 0.29) is 6.03 Å². The molecule has 5 heteroatoms. The molecule has 0 aliphatic carbocycles. The van der Waals surface area contributed by atoms with Gasteiger partial charge in [0.2, 0.25) is 0 Å². The molecule has 0 unspecified atom stereocenters. The number of urea groups is 1. The molecule has 0 saturated carbocycles. The van der Waals surface area contributed by atoms with E-state index in [1.807, 2.05) is 59.1 Å². The third-order valence-corrected chi connectivity index (χ3v) is 3.62. The SMILES string of the molecule is CCCCNC(=O)Nc1c(-c2ccccc2)nc2ccccn12. The Hall–Kier alpha value is -2.82. The van der Waals surface area contributed by atoms with Gasteiger partial charge in [-0.05, 0) is 18.6 Å². The molecular weight excluding hydrogens is 288 g/mol. The molecule has 1 aromatic carbocycles. The van der Waals surface area contributed by atoms with Crippen LogP contribution in [0.5, 0.6) is 0 Å². The van der Waals surface area contributed by atoms with Crippen LogP contribution in [-0.4, -0.2) is 22.0 Å². The van der Waals surface area contributed by atoms with Crippen LogP contribution in [0.25, 0.3) is 16.9 Å². The van der Waals surface area contributed by atoms with E-state index in [9.17, 15) is 4.79 Å². The number of hydrogen-bond acceptors (Lipinski definition) is 2. The molecule has 0 atom stereocenters. The Kier molecular flexibility index (Phi) is 4.57. The van der Waals surface area contributed by atoms with Crippen molar-refractivity contribution in [3.05, 3.63) is 54.7 Å². The van der Waals surface area contributed by atoms with E-state index in [1.54, 1.807) is 0 Å². The number of nitrogens with zero attached hydrogens (tertiary/aromatic N) is 2. The topological polar surface area (TPSA) is 58.4 Å². The lowest BCUT2D eigenvalue weighted by molar-refractivity contribution is 0.252. The van der Waals surface area contributed by atoms with E-state index >= 15 is 0 Å². The zero-order chi connectivity index (χ0) is 16.1. The number of benzene rings is 1. The summed E-state index contributed by atoms with van der Waals surface area (Å²) in [6.45, 7) is 2.76. The number of fused-ring (bicyclic) bond motifs is 1. The van der Waals surface area contributed by atoms with Crippen LogP contribution in [0, 0.1) is 0 Å². The van der Waals surface area contributed by atoms with Crippen LogP contribution in [0.4, 0.5) is 10.6 Å². The van der Waals surface area contributed by atoms with Crippen molar-refractivity contribution >= 4 is 17.5 Å². The zero-order valence-corrected chi connectivity index (χ0v) is 13.1. The second-order valence-corrected chi connectivity index (χ2v) is 5.34. The minimum Gasteiger partial charge on any atom is -0.338 e. The Labute approximate surface area is 135 Å². The van der Waals surface area contributed by atoms with Crippen LogP contribution in [0.2, 0.25) is 0 Å². The molecule has 0 saturated heterocycles. The Balaban J connectivity index is 1.95. The quantitative estimate of drug-likeness (QED) is 0.702. The average Bonchev–Trinajstić information content (AvgIpc) is 2.95. The standard InChI is InChI=1S/C18H20N4O/c1-2-3-12-19-18(23)21-17-16(14-9-5-4-6-10-14)20-15-11-7-8-13-22(15)17/h4-11,13H,2-3,12H2,1H3,(H2,19,21,23). The summed E-state index contributed by atoms with van der Waals surface area (Å²) < 4.78 is 1.89. The number of pyridine rings is 1. The van der Waals surface area contributed by atoms with E-state index in [2.05, 4.69) is 22.5 Å². The first-order valence-corrected chi connectivity index (χ1v) is 7.87. The van der Waals surface area contributed by atoms with Gasteiger partial charge in [-0.1, -0.05) is 49.7 Å². The van der Waals surface area contributed by atoms with Crippen molar-refractivity contribution in [2.24, 2.45) is 0 Å². The monoisotopic (exact) mass is 308 g/mol. The van der Waals surface area contributed by atoms with Gasteiger partial charge in [0.15, 0.2) is 0 Å². The lowest BCUT2D eigenvalue weighted by atomic mass is 10.1. The molecule has 0 fully saturated rings. The van der Waals surface area contributed by atoms with Gasteiger partial charge in [-0.2, -0.15) is 0 Å². The highest BCUT2D eigenvalue weighted by atomic mass is 16.2. The van der Waals surface area contributed by atoms with Gasteiger partial charge in [-0.25, -0.2) is 9.78 Å². The lowest BCUT2D eigenvalue weighted by Gasteiger charge is -2.09. The smallest absolute Gasteiger partial charge is 0.320 e. The number of hydrogen-bond donors (Lipinski definition) is 2. The van der Waals surface area contributed by atoms with Gasteiger partial charge >= 0.3 is 6.03 Å². The van der Waals surface area contributed by atoms with Crippen LogP contribution in [-0.2, 0) is 0 Å². The molecule has 2 amide bonds. The number of imidazole rings is 1. The predicted molar refractivity (Wildman–Crippen MR) is 92.6 cm³/mol. The molecule has 2 N–H and O–H groups in total. The molecule has 3 aromatic rings. The molecule has 0 aliphatic rings. The van der Waals surface area contributed by atoms with Gasteiger partial charge in [-0.15, -0.1) is 0 Å². The maximum absolute atomic E-state index is 12.1. The number of nitrogens with one attached hydrogen (secondary N) is 2. The molecule has 23 heavy (non-hydrogen) atoms. The summed E-state index contributed by atoms with van der Waals surface area (Å²) in [7, 11) is 0. The van der Waals surface area contributed by atoms with E-state index < -0.39 is 0 Å². The molecular formula is C18H20N4O. The largest absolute Gasteiger partial charge is 0.338 e. The summed E-state index contributed by atoms with van der Waals surface area (Å²) >= 11 is 0. The second-order valence-electron chi connectivity index (χ2n) is 5.34. The van der Waals surface area contributed by atoms with Gasteiger partial charge in [0, 0.05) is 18.3 Å². The van der Waals surface area contributed by atoms with Gasteiger partial charge in [0.25, 0.3) is 0 Å². The fourth-order valence-corrected chi connectivity index (χ4v) is 2.44. The fraction of sp³-hybridized carbons (Fsp3) is 0.222. The third-order valence-electron chi connectivity index (χ3n) is 3.62. The molecule has 0 spiro atoms. The van der Waals surface area contributed by atoms with E-state index in [1.165, 1.54) is 0 Å². The number of amides is 2. The zero-order valence-electron chi connectivity index (χ0n) is 13.1. The predicted octanol–water partition coefficient (Wildman–Crippen LogP) is 3.92. The van der Waals surface area contributed by atoms with Gasteiger partial charge in [0.1, 0.15) is 17.2 Å². The van der Waals surface area contributed by atoms with E-state index in [4.69, 9.17) is 0 Å².